The zero-order valence-electron chi connectivity index (χ0n) is 9.19. The summed E-state index contributed by atoms with van der Waals surface area (Å²) in [6.07, 6.45) is 1.90. The third-order valence-electron chi connectivity index (χ3n) is 2.26. The third kappa shape index (κ3) is 3.72. The van der Waals surface area contributed by atoms with Gasteiger partial charge in [-0.1, -0.05) is 12.1 Å². The maximum absolute atomic E-state index is 11.1. The molecule has 0 fully saturated rings. The fourth-order valence-electron chi connectivity index (χ4n) is 1.32. The smallest absolute Gasteiger partial charge is 0.337 e. The Morgan fingerprint density at radius 3 is 2.47 bits per heavy atom. The average Bonchev–Trinajstić information content (AvgIpc) is 2.26. The van der Waals surface area contributed by atoms with E-state index in [0.29, 0.717) is 5.56 Å². The zero-order chi connectivity index (χ0) is 11.3. The number of carbonyl (C=O) groups excluding carboxylic acids is 1. The molecule has 0 spiro atoms. The molecule has 1 rings (SSSR count). The highest BCUT2D eigenvalue weighted by Crippen LogP contribution is 2.08. The van der Waals surface area contributed by atoms with Crippen LogP contribution in [0.15, 0.2) is 24.3 Å². The van der Waals surface area contributed by atoms with E-state index in [9.17, 15) is 4.79 Å². The van der Waals surface area contributed by atoms with Gasteiger partial charge in [0.1, 0.15) is 0 Å². The summed E-state index contributed by atoms with van der Waals surface area (Å²) in [5.74, 6) is -0.297. The number of rotatable bonds is 4. The highest BCUT2D eigenvalue weighted by atomic mass is 16.5. The molecule has 3 nitrogen and oxygen atoms in total. The van der Waals surface area contributed by atoms with Crippen LogP contribution in [-0.2, 0) is 11.2 Å². The molecule has 0 amide bonds. The summed E-state index contributed by atoms with van der Waals surface area (Å²) in [6, 6.07) is 7.65. The van der Waals surface area contributed by atoms with Crippen molar-refractivity contribution in [2.24, 2.45) is 5.73 Å². The lowest BCUT2D eigenvalue weighted by Crippen LogP contribution is -2.15. The number of ether oxygens (including phenoxy) is 1. The Balaban J connectivity index is 2.60. The number of aryl methyl sites for hydroxylation is 1. The Bertz CT molecular complexity index is 317. The van der Waals surface area contributed by atoms with Crippen molar-refractivity contribution >= 4 is 5.97 Å². The molecule has 0 radical (unpaired) electrons. The van der Waals surface area contributed by atoms with E-state index >= 15 is 0 Å². The fraction of sp³-hybridized carbons (Fsp3) is 0.417. The summed E-state index contributed by atoms with van der Waals surface area (Å²) in [7, 11) is 1.38. The maximum Gasteiger partial charge on any atom is 0.337 e. The summed E-state index contributed by atoms with van der Waals surface area (Å²) in [5.41, 5.74) is 7.45. The molecule has 2 N–H and O–H groups in total. The molecular formula is C12H17NO2. The summed E-state index contributed by atoms with van der Waals surface area (Å²) >= 11 is 0. The third-order valence-corrected chi connectivity index (χ3v) is 2.26. The van der Waals surface area contributed by atoms with Gasteiger partial charge >= 0.3 is 5.97 Å². The number of methoxy groups -OCH3 is 1. The van der Waals surface area contributed by atoms with Gasteiger partial charge in [0, 0.05) is 6.04 Å². The maximum atomic E-state index is 11.1. The summed E-state index contributed by atoms with van der Waals surface area (Å²) in [6.45, 7) is 1.99. The highest BCUT2D eigenvalue weighted by Gasteiger charge is 2.04. The van der Waals surface area contributed by atoms with Crippen LogP contribution in [0.5, 0.6) is 0 Å². The quantitative estimate of drug-likeness (QED) is 0.765. The fourth-order valence-corrected chi connectivity index (χ4v) is 1.32. The van der Waals surface area contributed by atoms with Crippen LogP contribution in [0.2, 0.25) is 0 Å². The van der Waals surface area contributed by atoms with Crippen molar-refractivity contribution in [3.05, 3.63) is 35.4 Å². The molecule has 0 aromatic heterocycles. The Morgan fingerprint density at radius 1 is 1.40 bits per heavy atom. The van der Waals surface area contributed by atoms with Gasteiger partial charge in [0.05, 0.1) is 12.7 Å². The van der Waals surface area contributed by atoms with Crippen LogP contribution in [0, 0.1) is 0 Å². The van der Waals surface area contributed by atoms with Crippen LogP contribution < -0.4 is 5.73 Å². The van der Waals surface area contributed by atoms with E-state index in [1.54, 1.807) is 12.1 Å². The average molecular weight is 207 g/mol. The van der Waals surface area contributed by atoms with Crippen LogP contribution in [0.3, 0.4) is 0 Å². The molecule has 0 aliphatic rings. The van der Waals surface area contributed by atoms with Gasteiger partial charge in [0.2, 0.25) is 0 Å². The minimum absolute atomic E-state index is 0.213. The van der Waals surface area contributed by atoms with Gasteiger partial charge in [0.15, 0.2) is 0 Å². The molecule has 0 aliphatic heterocycles. The predicted molar refractivity (Wildman–Crippen MR) is 59.8 cm³/mol. The Labute approximate surface area is 90.2 Å². The second-order valence-corrected chi connectivity index (χ2v) is 3.70. The summed E-state index contributed by atoms with van der Waals surface area (Å²) in [4.78, 5) is 11.1. The van der Waals surface area contributed by atoms with Gasteiger partial charge in [-0.15, -0.1) is 0 Å². The predicted octanol–water partition coefficient (Wildman–Crippen LogP) is 1.75. The van der Waals surface area contributed by atoms with Gasteiger partial charge < -0.3 is 10.5 Å². The van der Waals surface area contributed by atoms with Gasteiger partial charge in [0.25, 0.3) is 0 Å². The van der Waals surface area contributed by atoms with Crippen molar-refractivity contribution in [2.45, 2.75) is 25.8 Å². The van der Waals surface area contributed by atoms with Crippen molar-refractivity contribution in [1.82, 2.24) is 0 Å². The number of carbonyl (C=O) groups is 1. The van der Waals surface area contributed by atoms with Crippen LogP contribution in [0.25, 0.3) is 0 Å². The molecule has 0 unspecified atom stereocenters. The number of hydrogen-bond acceptors (Lipinski definition) is 3. The Morgan fingerprint density at radius 2 is 2.00 bits per heavy atom. The molecule has 3 heteroatoms. The van der Waals surface area contributed by atoms with Crippen LogP contribution in [0.4, 0.5) is 0 Å². The number of hydrogen-bond donors (Lipinski definition) is 1. The first-order valence-electron chi connectivity index (χ1n) is 5.06. The number of nitrogens with two attached hydrogens (primary N) is 1. The van der Waals surface area contributed by atoms with Crippen molar-refractivity contribution in [3.8, 4) is 0 Å². The second-order valence-electron chi connectivity index (χ2n) is 3.70. The lowest BCUT2D eigenvalue weighted by atomic mass is 10.0. The van der Waals surface area contributed by atoms with E-state index in [1.165, 1.54) is 12.7 Å². The van der Waals surface area contributed by atoms with E-state index in [4.69, 9.17) is 5.73 Å². The minimum atomic E-state index is -0.297. The van der Waals surface area contributed by atoms with E-state index in [1.807, 2.05) is 19.1 Å². The van der Waals surface area contributed by atoms with Crippen LogP contribution in [-0.4, -0.2) is 19.1 Å². The topological polar surface area (TPSA) is 52.3 Å². The van der Waals surface area contributed by atoms with Gasteiger partial charge in [-0.25, -0.2) is 4.79 Å². The largest absolute Gasteiger partial charge is 0.465 e. The standard InChI is InChI=1S/C12H17NO2/c1-9(13)3-4-10-5-7-11(8-6-10)12(14)15-2/h5-9H,3-4,13H2,1-2H3/t9-/m0/s1. The molecule has 1 aromatic carbocycles. The Hall–Kier alpha value is -1.35. The van der Waals surface area contributed by atoms with Gasteiger partial charge in [-0.05, 0) is 37.5 Å². The molecule has 0 aliphatic carbocycles. The van der Waals surface area contributed by atoms with Crippen molar-refractivity contribution < 1.29 is 9.53 Å². The second kappa shape index (κ2) is 5.51. The lowest BCUT2D eigenvalue weighted by molar-refractivity contribution is 0.0600. The Kier molecular flexibility index (Phi) is 4.31. The van der Waals surface area contributed by atoms with Crippen molar-refractivity contribution in [2.75, 3.05) is 7.11 Å². The van der Waals surface area contributed by atoms with Crippen LogP contribution in [0.1, 0.15) is 29.3 Å². The normalized spacial score (nSPS) is 12.2. The van der Waals surface area contributed by atoms with E-state index in [0.717, 1.165) is 12.8 Å². The zero-order valence-corrected chi connectivity index (χ0v) is 9.19. The van der Waals surface area contributed by atoms with Gasteiger partial charge in [-0.2, -0.15) is 0 Å². The molecule has 0 saturated heterocycles. The van der Waals surface area contributed by atoms with E-state index in [-0.39, 0.29) is 12.0 Å². The molecule has 0 bridgehead atoms. The first kappa shape index (κ1) is 11.7. The van der Waals surface area contributed by atoms with Gasteiger partial charge in [-0.3, -0.25) is 0 Å². The summed E-state index contributed by atoms with van der Waals surface area (Å²) < 4.78 is 4.62. The molecule has 1 aromatic rings. The van der Waals surface area contributed by atoms with E-state index < -0.39 is 0 Å². The molecule has 0 saturated carbocycles. The van der Waals surface area contributed by atoms with Crippen molar-refractivity contribution in [3.63, 3.8) is 0 Å². The molecular weight excluding hydrogens is 190 g/mol. The minimum Gasteiger partial charge on any atom is -0.465 e. The van der Waals surface area contributed by atoms with E-state index in [2.05, 4.69) is 4.74 Å². The van der Waals surface area contributed by atoms with Crippen LogP contribution >= 0.6 is 0 Å². The SMILES string of the molecule is COC(=O)c1ccc(CC[C@H](C)N)cc1. The molecule has 15 heavy (non-hydrogen) atoms. The summed E-state index contributed by atoms with van der Waals surface area (Å²) in [5, 5.41) is 0. The van der Waals surface area contributed by atoms with Crippen molar-refractivity contribution in [1.29, 1.82) is 0 Å². The molecule has 1 atom stereocenters. The first-order chi connectivity index (χ1) is 7.13. The molecule has 82 valence electrons. The molecule has 0 heterocycles. The first-order valence-corrected chi connectivity index (χ1v) is 5.06. The number of benzene rings is 1. The monoisotopic (exact) mass is 207 g/mol. The highest BCUT2D eigenvalue weighted by molar-refractivity contribution is 5.89. The number of esters is 1. The lowest BCUT2D eigenvalue weighted by Gasteiger charge is -2.05.